The van der Waals surface area contributed by atoms with E-state index in [9.17, 15) is 4.79 Å². The highest BCUT2D eigenvalue weighted by atomic mass is 16.6. The molecule has 0 spiro atoms. The van der Waals surface area contributed by atoms with Gasteiger partial charge in [-0.25, -0.2) is 4.79 Å². The molecule has 0 bridgehead atoms. The van der Waals surface area contributed by atoms with Crippen LogP contribution >= 0.6 is 0 Å². The Morgan fingerprint density at radius 3 is 1.37 bits per heavy atom. The number of amides is 1. The first-order valence-electron chi connectivity index (χ1n) is 18.9. The van der Waals surface area contributed by atoms with E-state index in [1.54, 1.807) is 0 Å². The largest absolute Gasteiger partial charge is 0.449 e. The Morgan fingerprint density at radius 1 is 0.510 bits per heavy atom. The average Bonchev–Trinajstić information content (AvgIpc) is 3.45. The predicted octanol–water partition coefficient (Wildman–Crippen LogP) is 7.94. The number of rotatable bonds is 32. The van der Waals surface area contributed by atoms with Gasteiger partial charge in [0.25, 0.3) is 0 Å². The van der Waals surface area contributed by atoms with Gasteiger partial charge >= 0.3 is 6.09 Å². The van der Waals surface area contributed by atoms with Gasteiger partial charge < -0.3 is 38.5 Å². The molecule has 2 aromatic carbocycles. The number of ether oxygens (including phenoxy) is 7. The minimum absolute atomic E-state index is 0.0481. The van der Waals surface area contributed by atoms with Gasteiger partial charge in [0.05, 0.1) is 72.7 Å². The summed E-state index contributed by atoms with van der Waals surface area (Å²) in [6.07, 6.45) is 14.4. The van der Waals surface area contributed by atoms with Gasteiger partial charge in [0.2, 0.25) is 0 Å². The number of carbonyl (C=O) groups excluding carboxylic acids is 1. The van der Waals surface area contributed by atoms with Crippen LogP contribution in [0.3, 0.4) is 0 Å². The molecule has 49 heavy (non-hydrogen) atoms. The Balaban J connectivity index is 0.979. The number of benzene rings is 2. The lowest BCUT2D eigenvalue weighted by Crippen LogP contribution is -2.29. The Bertz CT molecular complexity index is 1050. The van der Waals surface area contributed by atoms with Crippen molar-refractivity contribution in [2.24, 2.45) is 0 Å². The first kappa shape index (κ1) is 40.9. The van der Waals surface area contributed by atoms with Crippen molar-refractivity contribution in [3.05, 3.63) is 59.7 Å². The monoisotopic (exact) mass is 685 g/mol. The summed E-state index contributed by atoms with van der Waals surface area (Å²) in [5, 5.41) is 2.75. The highest BCUT2D eigenvalue weighted by Crippen LogP contribution is 2.44. The van der Waals surface area contributed by atoms with E-state index >= 15 is 0 Å². The van der Waals surface area contributed by atoms with E-state index < -0.39 is 6.09 Å². The lowest BCUT2D eigenvalue weighted by molar-refractivity contribution is -0.0167. The van der Waals surface area contributed by atoms with Crippen LogP contribution < -0.4 is 5.32 Å². The highest BCUT2D eigenvalue weighted by molar-refractivity contribution is 5.79. The molecule has 3 rings (SSSR count). The molecular formula is C40H63NO8. The van der Waals surface area contributed by atoms with E-state index in [0.717, 1.165) is 13.0 Å². The molecule has 0 unspecified atom stereocenters. The van der Waals surface area contributed by atoms with Crippen LogP contribution in [0.5, 0.6) is 0 Å². The second kappa shape index (κ2) is 28.2. The molecule has 0 saturated heterocycles. The summed E-state index contributed by atoms with van der Waals surface area (Å²) >= 11 is 0. The van der Waals surface area contributed by atoms with Crippen LogP contribution in [-0.4, -0.2) is 98.5 Å². The van der Waals surface area contributed by atoms with Crippen molar-refractivity contribution < 1.29 is 38.0 Å². The van der Waals surface area contributed by atoms with Crippen LogP contribution in [0, 0.1) is 0 Å². The topological polar surface area (TPSA) is 93.7 Å². The van der Waals surface area contributed by atoms with Crippen molar-refractivity contribution in [2.75, 3.05) is 92.4 Å². The predicted molar refractivity (Wildman–Crippen MR) is 194 cm³/mol. The molecule has 0 aliphatic heterocycles. The Labute approximate surface area is 295 Å². The van der Waals surface area contributed by atoms with Gasteiger partial charge in [-0.1, -0.05) is 120 Å². The molecule has 0 heterocycles. The third-order valence-corrected chi connectivity index (χ3v) is 8.61. The van der Waals surface area contributed by atoms with E-state index in [1.165, 1.54) is 86.5 Å². The van der Waals surface area contributed by atoms with E-state index in [0.29, 0.717) is 85.8 Å². The first-order valence-corrected chi connectivity index (χ1v) is 18.9. The fourth-order valence-electron chi connectivity index (χ4n) is 5.94. The number of carbonyl (C=O) groups is 1. The van der Waals surface area contributed by atoms with E-state index in [2.05, 4.69) is 36.5 Å². The number of nitrogens with one attached hydrogen (secondary N) is 1. The zero-order chi connectivity index (χ0) is 34.5. The van der Waals surface area contributed by atoms with Gasteiger partial charge in [-0.2, -0.15) is 0 Å². The number of hydrogen-bond donors (Lipinski definition) is 1. The average molecular weight is 686 g/mol. The molecule has 0 aromatic heterocycles. The van der Waals surface area contributed by atoms with Crippen LogP contribution in [0.25, 0.3) is 11.1 Å². The van der Waals surface area contributed by atoms with Gasteiger partial charge in [-0.3, -0.25) is 0 Å². The van der Waals surface area contributed by atoms with Crippen molar-refractivity contribution >= 4 is 6.09 Å². The van der Waals surface area contributed by atoms with Gasteiger partial charge in [0, 0.05) is 19.1 Å². The Morgan fingerprint density at radius 2 is 0.898 bits per heavy atom. The second-order valence-corrected chi connectivity index (χ2v) is 12.5. The van der Waals surface area contributed by atoms with Crippen LogP contribution in [0.1, 0.15) is 94.6 Å². The standard InChI is InChI=1S/C40H63NO8/c1-2-3-4-5-6-7-8-9-10-11-16-22-43-24-26-45-28-30-47-32-33-48-31-29-46-27-25-44-23-21-41-40(42)49-34-39-37-19-14-12-17-35(37)36-18-13-15-20-38(36)39/h12-15,17-20,39H,2-11,16,21-34H2,1H3,(H,41,42). The third-order valence-electron chi connectivity index (χ3n) is 8.61. The minimum atomic E-state index is -0.440. The molecule has 1 amide bonds. The fraction of sp³-hybridized carbons (Fsp3) is 0.675. The zero-order valence-corrected chi connectivity index (χ0v) is 30.1. The fourth-order valence-corrected chi connectivity index (χ4v) is 5.94. The molecule has 1 N–H and O–H groups in total. The zero-order valence-electron chi connectivity index (χ0n) is 30.1. The SMILES string of the molecule is CCCCCCCCCCCCCOCCOCCOCCOCCOCCOCCNC(=O)OCC1c2ccccc2-c2ccccc21. The molecule has 0 radical (unpaired) electrons. The van der Waals surface area contributed by atoms with E-state index in [-0.39, 0.29) is 5.92 Å². The second-order valence-electron chi connectivity index (χ2n) is 12.5. The lowest BCUT2D eigenvalue weighted by atomic mass is 9.98. The smallest absolute Gasteiger partial charge is 0.407 e. The lowest BCUT2D eigenvalue weighted by Gasteiger charge is -2.14. The van der Waals surface area contributed by atoms with Gasteiger partial charge in [-0.05, 0) is 28.7 Å². The van der Waals surface area contributed by atoms with Gasteiger partial charge in [0.15, 0.2) is 0 Å². The van der Waals surface area contributed by atoms with Crippen molar-refractivity contribution in [3.8, 4) is 11.1 Å². The molecule has 9 heteroatoms. The van der Waals surface area contributed by atoms with Gasteiger partial charge in [0.1, 0.15) is 6.61 Å². The van der Waals surface area contributed by atoms with Crippen molar-refractivity contribution in [1.29, 1.82) is 0 Å². The van der Waals surface area contributed by atoms with E-state index in [1.807, 2.05) is 24.3 Å². The number of alkyl carbamates (subject to hydrolysis) is 1. The maximum atomic E-state index is 12.2. The van der Waals surface area contributed by atoms with Crippen LogP contribution in [0.2, 0.25) is 0 Å². The summed E-state index contributed by atoms with van der Waals surface area (Å²) < 4.78 is 38.9. The van der Waals surface area contributed by atoms with E-state index in [4.69, 9.17) is 33.2 Å². The summed E-state index contributed by atoms with van der Waals surface area (Å²) in [5.74, 6) is 0.0481. The molecule has 0 atom stereocenters. The minimum Gasteiger partial charge on any atom is -0.449 e. The number of fused-ring (bicyclic) bond motifs is 3. The van der Waals surface area contributed by atoms with Gasteiger partial charge in [-0.15, -0.1) is 0 Å². The molecule has 0 saturated carbocycles. The third kappa shape index (κ3) is 18.3. The number of unbranched alkanes of at least 4 members (excludes halogenated alkanes) is 10. The first-order chi connectivity index (χ1) is 24.3. The maximum Gasteiger partial charge on any atom is 0.407 e. The summed E-state index contributed by atoms with van der Waals surface area (Å²) in [7, 11) is 0. The van der Waals surface area contributed by atoms with Crippen molar-refractivity contribution in [2.45, 2.75) is 83.5 Å². The molecule has 9 nitrogen and oxygen atoms in total. The normalized spacial score (nSPS) is 12.3. The summed E-state index contributed by atoms with van der Waals surface area (Å²) in [6.45, 7) is 9.45. The Hall–Kier alpha value is -2.53. The molecular weight excluding hydrogens is 622 g/mol. The van der Waals surface area contributed by atoms with Crippen LogP contribution in [0.15, 0.2) is 48.5 Å². The molecule has 276 valence electrons. The summed E-state index contributed by atoms with van der Waals surface area (Å²) in [4.78, 5) is 12.2. The number of hydrogen-bond acceptors (Lipinski definition) is 8. The van der Waals surface area contributed by atoms with Crippen LogP contribution in [0.4, 0.5) is 4.79 Å². The molecule has 0 fully saturated rings. The summed E-state index contributed by atoms with van der Waals surface area (Å²) in [5.41, 5.74) is 4.81. The van der Waals surface area contributed by atoms with Crippen molar-refractivity contribution in [3.63, 3.8) is 0 Å². The maximum absolute atomic E-state index is 12.2. The molecule has 1 aliphatic carbocycles. The summed E-state index contributed by atoms with van der Waals surface area (Å²) in [6, 6.07) is 16.6. The van der Waals surface area contributed by atoms with Crippen LogP contribution in [-0.2, 0) is 33.2 Å². The quantitative estimate of drug-likeness (QED) is 0.0777. The molecule has 2 aromatic rings. The molecule has 1 aliphatic rings. The van der Waals surface area contributed by atoms with Crippen molar-refractivity contribution in [1.82, 2.24) is 5.32 Å². The highest BCUT2D eigenvalue weighted by Gasteiger charge is 2.28. The Kier molecular flexibility index (Phi) is 23.5.